The maximum Gasteiger partial charge on any atom is 0.0701 e. The van der Waals surface area contributed by atoms with E-state index in [9.17, 15) is 0 Å². The summed E-state index contributed by atoms with van der Waals surface area (Å²) in [5.41, 5.74) is 0. The van der Waals surface area contributed by atoms with Crippen molar-refractivity contribution >= 4 is 38.6 Å². The summed E-state index contributed by atoms with van der Waals surface area (Å²) in [5.74, 6) is 0. The van der Waals surface area contributed by atoms with Gasteiger partial charge in [-0.2, -0.15) is 0 Å². The van der Waals surface area contributed by atoms with Gasteiger partial charge in [-0.3, -0.25) is 0 Å². The molecule has 4 heteroatoms. The van der Waals surface area contributed by atoms with E-state index in [1.54, 1.807) is 0 Å². The lowest BCUT2D eigenvalue weighted by atomic mass is 10.1. The maximum atomic E-state index is 3.66. The molecule has 0 aliphatic carbocycles. The van der Waals surface area contributed by atoms with Crippen molar-refractivity contribution in [2.45, 2.75) is 32.2 Å². The van der Waals surface area contributed by atoms with Crippen molar-refractivity contribution in [3.05, 3.63) is 43.2 Å². The molecule has 2 aromatic heterocycles. The molecule has 98 valence electrons. The normalized spacial score (nSPS) is 12.8. The van der Waals surface area contributed by atoms with Crippen molar-refractivity contribution < 1.29 is 0 Å². The first-order valence-corrected chi connectivity index (χ1v) is 8.77. The van der Waals surface area contributed by atoms with Gasteiger partial charge in [0.15, 0.2) is 0 Å². The largest absolute Gasteiger partial charge is 0.313 e. The van der Waals surface area contributed by atoms with E-state index in [4.69, 9.17) is 0 Å². The molecule has 2 aromatic rings. The van der Waals surface area contributed by atoms with Gasteiger partial charge in [0, 0.05) is 15.8 Å². The van der Waals surface area contributed by atoms with Gasteiger partial charge < -0.3 is 5.32 Å². The monoisotopic (exact) mass is 343 g/mol. The number of halogens is 1. The highest BCUT2D eigenvalue weighted by atomic mass is 79.9. The van der Waals surface area contributed by atoms with Crippen LogP contribution in [0.15, 0.2) is 33.4 Å². The molecule has 0 aromatic carbocycles. The first kappa shape index (κ1) is 14.3. The third-order valence-corrected chi connectivity index (χ3v) is 5.33. The number of thiophene rings is 2. The van der Waals surface area contributed by atoms with Gasteiger partial charge in [-0.15, -0.1) is 22.7 Å². The maximum absolute atomic E-state index is 3.66. The van der Waals surface area contributed by atoms with Crippen molar-refractivity contribution in [1.29, 1.82) is 0 Å². The average molecular weight is 344 g/mol. The zero-order chi connectivity index (χ0) is 12.8. The van der Waals surface area contributed by atoms with Crippen LogP contribution in [0, 0.1) is 0 Å². The fourth-order valence-corrected chi connectivity index (χ4v) is 4.29. The lowest BCUT2D eigenvalue weighted by Gasteiger charge is -2.17. The van der Waals surface area contributed by atoms with Crippen LogP contribution < -0.4 is 5.32 Å². The molecule has 0 aliphatic heterocycles. The molecular weight excluding hydrogens is 326 g/mol. The third-order valence-electron chi connectivity index (χ3n) is 2.79. The predicted molar refractivity (Wildman–Crippen MR) is 85.8 cm³/mol. The lowest BCUT2D eigenvalue weighted by molar-refractivity contribution is 0.510. The Labute approximate surface area is 125 Å². The second-order valence-electron chi connectivity index (χ2n) is 4.34. The molecule has 0 radical (unpaired) electrons. The minimum absolute atomic E-state index is 0.550. The summed E-state index contributed by atoms with van der Waals surface area (Å²) < 4.78 is 1.22. The van der Waals surface area contributed by atoms with E-state index in [-0.39, 0.29) is 0 Å². The summed E-state index contributed by atoms with van der Waals surface area (Å²) in [5, 5.41) is 5.82. The summed E-state index contributed by atoms with van der Waals surface area (Å²) in [6, 6.07) is 9.29. The standard InChI is InChI=1S/C14H18BrNS2/c1-2-7-16-11(9-12-4-3-8-17-12)10-13-5-6-14(15)18-13/h3-6,8,11,16H,2,7,9-10H2,1H3. The number of rotatable bonds is 7. The second-order valence-corrected chi connectivity index (χ2v) is 7.92. The molecule has 2 heterocycles. The van der Waals surface area contributed by atoms with Gasteiger partial charge in [-0.1, -0.05) is 13.0 Å². The molecule has 18 heavy (non-hydrogen) atoms. The van der Waals surface area contributed by atoms with Crippen LogP contribution in [0.5, 0.6) is 0 Å². The fraction of sp³-hybridized carbons (Fsp3) is 0.429. The van der Waals surface area contributed by atoms with Crippen molar-refractivity contribution in [3.8, 4) is 0 Å². The van der Waals surface area contributed by atoms with Crippen molar-refractivity contribution in [2.24, 2.45) is 0 Å². The fourth-order valence-electron chi connectivity index (χ4n) is 1.94. The highest BCUT2D eigenvalue weighted by Gasteiger charge is 2.11. The summed E-state index contributed by atoms with van der Waals surface area (Å²) in [6.07, 6.45) is 3.44. The van der Waals surface area contributed by atoms with E-state index >= 15 is 0 Å². The van der Waals surface area contributed by atoms with Crippen molar-refractivity contribution in [3.63, 3.8) is 0 Å². The summed E-state index contributed by atoms with van der Waals surface area (Å²) in [6.45, 7) is 3.32. The molecule has 1 unspecified atom stereocenters. The number of hydrogen-bond acceptors (Lipinski definition) is 3. The van der Waals surface area contributed by atoms with Crippen LogP contribution in [0.4, 0.5) is 0 Å². The second kappa shape index (κ2) is 7.43. The smallest absolute Gasteiger partial charge is 0.0701 e. The molecule has 0 amide bonds. The Morgan fingerprint density at radius 1 is 1.22 bits per heavy atom. The van der Waals surface area contributed by atoms with Crippen LogP contribution >= 0.6 is 38.6 Å². The van der Waals surface area contributed by atoms with Crippen molar-refractivity contribution in [2.75, 3.05) is 6.54 Å². The molecule has 0 spiro atoms. The molecule has 0 bridgehead atoms. The zero-order valence-corrected chi connectivity index (χ0v) is 13.7. The zero-order valence-electron chi connectivity index (χ0n) is 10.5. The van der Waals surface area contributed by atoms with E-state index in [1.165, 1.54) is 20.0 Å². The SMILES string of the molecule is CCCNC(Cc1cccs1)Cc1ccc(Br)s1. The quantitative estimate of drug-likeness (QED) is 0.766. The van der Waals surface area contributed by atoms with Crippen LogP contribution in [-0.4, -0.2) is 12.6 Å². The minimum Gasteiger partial charge on any atom is -0.313 e. The van der Waals surface area contributed by atoms with Gasteiger partial charge in [0.2, 0.25) is 0 Å². The van der Waals surface area contributed by atoms with E-state index in [1.807, 2.05) is 22.7 Å². The van der Waals surface area contributed by atoms with Crippen LogP contribution in [0.2, 0.25) is 0 Å². The first-order chi connectivity index (χ1) is 8.78. The highest BCUT2D eigenvalue weighted by molar-refractivity contribution is 9.11. The molecule has 0 saturated carbocycles. The Morgan fingerprint density at radius 3 is 2.67 bits per heavy atom. The summed E-state index contributed by atoms with van der Waals surface area (Å²) in [4.78, 5) is 2.92. The number of hydrogen-bond donors (Lipinski definition) is 1. The molecule has 1 N–H and O–H groups in total. The first-order valence-electron chi connectivity index (χ1n) is 6.28. The van der Waals surface area contributed by atoms with Gasteiger partial charge in [-0.25, -0.2) is 0 Å². The Balaban J connectivity index is 1.95. The van der Waals surface area contributed by atoms with Crippen LogP contribution in [0.1, 0.15) is 23.1 Å². The Hall–Kier alpha value is -0.160. The molecule has 0 saturated heterocycles. The van der Waals surface area contributed by atoms with Crippen LogP contribution in [0.3, 0.4) is 0 Å². The Kier molecular flexibility index (Phi) is 5.89. The van der Waals surface area contributed by atoms with Gasteiger partial charge in [0.1, 0.15) is 0 Å². The lowest BCUT2D eigenvalue weighted by Crippen LogP contribution is -2.33. The topological polar surface area (TPSA) is 12.0 Å². The summed E-state index contributed by atoms with van der Waals surface area (Å²) in [7, 11) is 0. The average Bonchev–Trinajstić information content (AvgIpc) is 2.98. The Bertz CT molecular complexity index is 450. The van der Waals surface area contributed by atoms with Gasteiger partial charge in [-0.05, 0) is 65.3 Å². The molecule has 0 fully saturated rings. The van der Waals surface area contributed by atoms with E-state index in [2.05, 4.69) is 57.8 Å². The van der Waals surface area contributed by atoms with Crippen LogP contribution in [0.25, 0.3) is 0 Å². The van der Waals surface area contributed by atoms with Crippen LogP contribution in [-0.2, 0) is 12.8 Å². The molecule has 2 rings (SSSR count). The van der Waals surface area contributed by atoms with E-state index in [0.29, 0.717) is 6.04 Å². The van der Waals surface area contributed by atoms with E-state index in [0.717, 1.165) is 19.4 Å². The third kappa shape index (κ3) is 4.50. The highest BCUT2D eigenvalue weighted by Crippen LogP contribution is 2.24. The Morgan fingerprint density at radius 2 is 2.06 bits per heavy atom. The van der Waals surface area contributed by atoms with E-state index < -0.39 is 0 Å². The van der Waals surface area contributed by atoms with Gasteiger partial charge in [0.25, 0.3) is 0 Å². The molecular formula is C14H18BrNS2. The summed E-state index contributed by atoms with van der Waals surface area (Å²) >= 11 is 7.23. The molecule has 1 atom stereocenters. The molecule has 0 aliphatic rings. The minimum atomic E-state index is 0.550. The molecule has 1 nitrogen and oxygen atoms in total. The predicted octanol–water partition coefficient (Wildman–Crippen LogP) is 4.73. The van der Waals surface area contributed by atoms with Gasteiger partial charge >= 0.3 is 0 Å². The number of nitrogens with one attached hydrogen (secondary N) is 1. The van der Waals surface area contributed by atoms with Crippen molar-refractivity contribution in [1.82, 2.24) is 5.32 Å². The van der Waals surface area contributed by atoms with Gasteiger partial charge in [0.05, 0.1) is 3.79 Å².